The van der Waals surface area contributed by atoms with Crippen LogP contribution in [0.25, 0.3) is 0 Å². The summed E-state index contributed by atoms with van der Waals surface area (Å²) < 4.78 is 5.16. The average Bonchev–Trinajstić information content (AvgIpc) is 2.92. The zero-order chi connectivity index (χ0) is 10.3. The number of hydrogen-bond donors (Lipinski definition) is 1. The summed E-state index contributed by atoms with van der Waals surface area (Å²) in [5.74, 6) is 2.37. The van der Waals surface area contributed by atoms with Crippen molar-refractivity contribution in [1.29, 1.82) is 0 Å². The summed E-state index contributed by atoms with van der Waals surface area (Å²) in [5.41, 5.74) is 0. The fraction of sp³-hybridized carbons (Fsp3) is 0.583. The average molecular weight is 205 g/mol. The van der Waals surface area contributed by atoms with Crippen LogP contribution in [0.1, 0.15) is 23.4 Å². The van der Waals surface area contributed by atoms with Crippen LogP contribution >= 0.6 is 0 Å². The van der Waals surface area contributed by atoms with E-state index in [9.17, 15) is 4.79 Å². The Morgan fingerprint density at radius 1 is 1.33 bits per heavy atom. The lowest BCUT2D eigenvalue weighted by molar-refractivity contribution is 0.0889. The summed E-state index contributed by atoms with van der Waals surface area (Å²) in [6, 6.07) is 3.55. The van der Waals surface area contributed by atoms with Gasteiger partial charge < -0.3 is 9.73 Å². The van der Waals surface area contributed by atoms with Crippen molar-refractivity contribution in [2.24, 2.45) is 17.8 Å². The maximum absolute atomic E-state index is 12.0. The Balaban J connectivity index is 1.72. The maximum Gasteiger partial charge on any atom is 0.201 e. The second-order valence-electron chi connectivity index (χ2n) is 4.69. The van der Waals surface area contributed by atoms with E-state index in [0.29, 0.717) is 17.6 Å². The van der Waals surface area contributed by atoms with Crippen LogP contribution in [0.4, 0.5) is 0 Å². The molecule has 3 heteroatoms. The van der Waals surface area contributed by atoms with Crippen LogP contribution in [0.5, 0.6) is 0 Å². The summed E-state index contributed by atoms with van der Waals surface area (Å²) in [6.45, 7) is 2.18. The monoisotopic (exact) mass is 205 g/mol. The van der Waals surface area contributed by atoms with Crippen LogP contribution in [0, 0.1) is 17.8 Å². The summed E-state index contributed by atoms with van der Waals surface area (Å²) >= 11 is 0. The Morgan fingerprint density at radius 2 is 2.07 bits per heavy atom. The molecule has 0 radical (unpaired) electrons. The van der Waals surface area contributed by atoms with Crippen LogP contribution in [0.2, 0.25) is 0 Å². The zero-order valence-electron chi connectivity index (χ0n) is 8.61. The quantitative estimate of drug-likeness (QED) is 0.747. The van der Waals surface area contributed by atoms with Gasteiger partial charge in [-0.05, 0) is 49.9 Å². The molecule has 1 unspecified atom stereocenters. The van der Waals surface area contributed by atoms with Gasteiger partial charge in [0.2, 0.25) is 5.78 Å². The largest absolute Gasteiger partial charge is 0.461 e. The van der Waals surface area contributed by atoms with E-state index in [-0.39, 0.29) is 11.7 Å². The molecule has 80 valence electrons. The molecule has 2 heterocycles. The predicted molar refractivity (Wildman–Crippen MR) is 55.6 cm³/mol. The highest BCUT2D eigenvalue weighted by atomic mass is 16.3. The third kappa shape index (κ3) is 1.51. The van der Waals surface area contributed by atoms with Crippen LogP contribution in [0.3, 0.4) is 0 Å². The van der Waals surface area contributed by atoms with Crippen molar-refractivity contribution in [3.05, 3.63) is 24.2 Å². The Labute approximate surface area is 88.8 Å². The molecule has 2 fully saturated rings. The topological polar surface area (TPSA) is 42.2 Å². The number of ketones is 1. The van der Waals surface area contributed by atoms with Gasteiger partial charge in [-0.1, -0.05) is 0 Å². The fourth-order valence-electron chi connectivity index (χ4n) is 3.00. The lowest BCUT2D eigenvalue weighted by Crippen LogP contribution is -2.16. The number of carbonyl (C=O) groups is 1. The summed E-state index contributed by atoms with van der Waals surface area (Å²) in [5, 5.41) is 3.38. The number of fused-ring (bicyclic) bond motifs is 1. The van der Waals surface area contributed by atoms with Gasteiger partial charge in [0.25, 0.3) is 0 Å². The maximum atomic E-state index is 12.0. The molecule has 1 aliphatic carbocycles. The fourth-order valence-corrected chi connectivity index (χ4v) is 3.00. The Bertz CT molecular complexity index is 346. The second-order valence-corrected chi connectivity index (χ2v) is 4.69. The van der Waals surface area contributed by atoms with Crippen LogP contribution < -0.4 is 5.32 Å². The van der Waals surface area contributed by atoms with Gasteiger partial charge in [0, 0.05) is 5.92 Å². The molecule has 2 aliphatic rings. The molecule has 1 saturated carbocycles. The second kappa shape index (κ2) is 3.49. The van der Waals surface area contributed by atoms with Gasteiger partial charge in [-0.3, -0.25) is 4.79 Å². The van der Waals surface area contributed by atoms with E-state index in [1.54, 1.807) is 18.4 Å². The van der Waals surface area contributed by atoms with Crippen LogP contribution in [-0.4, -0.2) is 18.9 Å². The molecule has 1 N–H and O–H groups in total. The number of hydrogen-bond acceptors (Lipinski definition) is 3. The van der Waals surface area contributed by atoms with Gasteiger partial charge >= 0.3 is 0 Å². The molecule has 0 aromatic carbocycles. The molecule has 3 rings (SSSR count). The highest BCUT2D eigenvalue weighted by molar-refractivity contribution is 5.95. The van der Waals surface area contributed by atoms with Gasteiger partial charge in [0.1, 0.15) is 0 Å². The first kappa shape index (κ1) is 9.16. The number of carbonyl (C=O) groups excluding carboxylic acids is 1. The molecule has 3 nitrogen and oxygen atoms in total. The Kier molecular flexibility index (Phi) is 2.13. The minimum atomic E-state index is 0.202. The molecule has 1 aliphatic heterocycles. The standard InChI is InChI=1S/C12H15NO2/c14-12(11-2-1-3-15-11)8-4-9-6-13-7-10(9)5-8/h1-3,8-10,13H,4-7H2/t8?,9-,10+. The van der Waals surface area contributed by atoms with Gasteiger partial charge in [-0.2, -0.15) is 0 Å². The highest BCUT2D eigenvalue weighted by Gasteiger charge is 2.40. The molecule has 0 amide bonds. The lowest BCUT2D eigenvalue weighted by Gasteiger charge is -2.07. The number of rotatable bonds is 2. The van der Waals surface area contributed by atoms with Gasteiger partial charge in [0.15, 0.2) is 5.76 Å². The van der Waals surface area contributed by atoms with Crippen LogP contribution in [0.15, 0.2) is 22.8 Å². The molecular formula is C12H15NO2. The van der Waals surface area contributed by atoms with Crippen molar-refractivity contribution in [1.82, 2.24) is 5.32 Å². The van der Waals surface area contributed by atoms with Crippen molar-refractivity contribution < 1.29 is 9.21 Å². The first-order valence-electron chi connectivity index (χ1n) is 5.63. The molecule has 1 saturated heterocycles. The predicted octanol–water partition coefficient (Wildman–Crippen LogP) is 1.71. The number of furan rings is 1. The molecule has 0 spiro atoms. The molecule has 15 heavy (non-hydrogen) atoms. The van der Waals surface area contributed by atoms with E-state index < -0.39 is 0 Å². The zero-order valence-corrected chi connectivity index (χ0v) is 8.61. The van der Waals surface area contributed by atoms with Crippen LogP contribution in [-0.2, 0) is 0 Å². The summed E-state index contributed by atoms with van der Waals surface area (Å²) in [7, 11) is 0. The van der Waals surface area contributed by atoms with Crippen molar-refractivity contribution in [2.45, 2.75) is 12.8 Å². The normalized spacial score (nSPS) is 34.3. The lowest BCUT2D eigenvalue weighted by atomic mass is 9.99. The van der Waals surface area contributed by atoms with Crippen molar-refractivity contribution in [3.63, 3.8) is 0 Å². The first-order valence-corrected chi connectivity index (χ1v) is 5.63. The van der Waals surface area contributed by atoms with Gasteiger partial charge in [0.05, 0.1) is 6.26 Å². The van der Waals surface area contributed by atoms with Crippen molar-refractivity contribution in [3.8, 4) is 0 Å². The smallest absolute Gasteiger partial charge is 0.201 e. The first-order chi connectivity index (χ1) is 7.34. The van der Waals surface area contributed by atoms with E-state index in [0.717, 1.165) is 25.9 Å². The summed E-state index contributed by atoms with van der Waals surface area (Å²) in [4.78, 5) is 12.0. The van der Waals surface area contributed by atoms with E-state index in [4.69, 9.17) is 4.42 Å². The highest BCUT2D eigenvalue weighted by Crippen LogP contribution is 2.39. The number of nitrogens with one attached hydrogen (secondary N) is 1. The Morgan fingerprint density at radius 3 is 2.67 bits per heavy atom. The summed E-state index contributed by atoms with van der Waals surface area (Å²) in [6.07, 6.45) is 3.65. The minimum absolute atomic E-state index is 0.202. The molecule has 0 bridgehead atoms. The van der Waals surface area contributed by atoms with Crippen molar-refractivity contribution >= 4 is 5.78 Å². The third-order valence-corrected chi connectivity index (χ3v) is 3.79. The van der Waals surface area contributed by atoms with E-state index in [1.807, 2.05) is 0 Å². The molecule has 1 aromatic rings. The molecule has 1 aromatic heterocycles. The molecular weight excluding hydrogens is 190 g/mol. The van der Waals surface area contributed by atoms with Crippen molar-refractivity contribution in [2.75, 3.05) is 13.1 Å². The van der Waals surface area contributed by atoms with E-state index in [2.05, 4.69) is 5.32 Å². The van der Waals surface area contributed by atoms with E-state index in [1.165, 1.54) is 0 Å². The number of Topliss-reactive ketones (excluding diaryl/α,β-unsaturated/α-hetero) is 1. The SMILES string of the molecule is O=C(c1ccco1)C1C[C@H]2CNC[C@H]2C1. The van der Waals surface area contributed by atoms with Gasteiger partial charge in [-0.15, -0.1) is 0 Å². The Hall–Kier alpha value is -1.09. The van der Waals surface area contributed by atoms with E-state index >= 15 is 0 Å². The van der Waals surface area contributed by atoms with Gasteiger partial charge in [-0.25, -0.2) is 0 Å². The third-order valence-electron chi connectivity index (χ3n) is 3.79. The minimum Gasteiger partial charge on any atom is -0.461 e. The molecule has 3 atom stereocenters.